The maximum atomic E-state index is 10.1. The molecule has 0 rings (SSSR count). The van der Waals surface area contributed by atoms with Gasteiger partial charge in [-0.15, -0.1) is 0 Å². The maximum Gasteiger partial charge on any atom is 0.348 e. The van der Waals surface area contributed by atoms with Crippen LogP contribution >= 0.6 is 7.60 Å². The zero-order valence-electron chi connectivity index (χ0n) is 5.27. The van der Waals surface area contributed by atoms with Crippen molar-refractivity contribution in [2.45, 2.75) is 0 Å². The van der Waals surface area contributed by atoms with Crippen LogP contribution in [0.25, 0.3) is 0 Å². The van der Waals surface area contributed by atoms with Gasteiger partial charge < -0.3 is 14.9 Å². The minimum atomic E-state index is -4.01. The molecule has 0 aliphatic heterocycles. The molecular formula is C4H10NO4P. The summed E-state index contributed by atoms with van der Waals surface area (Å²) in [5.41, 5.74) is 0. The minimum absolute atomic E-state index is 0.203. The molecule has 0 spiro atoms. The Hall–Kier alpha value is -0.190. The van der Waals surface area contributed by atoms with Crippen LogP contribution in [-0.2, 0) is 4.57 Å². The van der Waals surface area contributed by atoms with Crippen molar-refractivity contribution in [3.8, 4) is 0 Å². The second kappa shape index (κ2) is 4.60. The normalized spacial score (nSPS) is 12.7. The summed E-state index contributed by atoms with van der Waals surface area (Å²) in [6, 6.07) is 0. The second-order valence-electron chi connectivity index (χ2n) is 1.59. The van der Waals surface area contributed by atoms with Gasteiger partial charge in [-0.3, -0.25) is 9.88 Å². The molecule has 0 bridgehead atoms. The van der Waals surface area contributed by atoms with E-state index in [-0.39, 0.29) is 13.3 Å². The molecule has 0 aliphatic rings. The van der Waals surface area contributed by atoms with Crippen LogP contribution in [0.2, 0.25) is 0 Å². The number of nitrogens with one attached hydrogen (secondary N) is 1. The summed E-state index contributed by atoms with van der Waals surface area (Å²) in [7, 11) is -4.01. The first-order valence-corrected chi connectivity index (χ1v) is 4.29. The Kier molecular flexibility index (Phi) is 4.51. The summed E-state index contributed by atoms with van der Waals surface area (Å²) in [4.78, 5) is 16.5. The average Bonchev–Trinajstić information content (AvgIpc) is 1.78. The maximum absolute atomic E-state index is 10.1. The fraction of sp³-hybridized carbons (Fsp3) is 0.500. The van der Waals surface area contributed by atoms with E-state index in [4.69, 9.17) is 14.9 Å². The number of aliphatic hydroxyl groups excluding tert-OH is 1. The van der Waals surface area contributed by atoms with Gasteiger partial charge in [0.25, 0.3) is 0 Å². The molecular weight excluding hydrogens is 157 g/mol. The van der Waals surface area contributed by atoms with Gasteiger partial charge in [0.05, 0.1) is 6.73 Å². The van der Waals surface area contributed by atoms with Crippen molar-refractivity contribution in [3.63, 3.8) is 0 Å². The van der Waals surface area contributed by atoms with E-state index >= 15 is 0 Å². The molecule has 0 aromatic carbocycles. The van der Waals surface area contributed by atoms with Gasteiger partial charge in [0, 0.05) is 12.4 Å². The first-order chi connectivity index (χ1) is 4.56. The Morgan fingerprint density at radius 3 is 2.50 bits per heavy atom. The minimum Gasteiger partial charge on any atom is -0.381 e. The highest BCUT2D eigenvalue weighted by molar-refractivity contribution is 7.55. The lowest BCUT2D eigenvalue weighted by atomic mass is 10.6. The Morgan fingerprint density at radius 1 is 1.50 bits per heavy atom. The highest BCUT2D eigenvalue weighted by atomic mass is 31.2. The predicted molar refractivity (Wildman–Crippen MR) is 36.3 cm³/mol. The van der Waals surface area contributed by atoms with Crippen LogP contribution in [0.15, 0.2) is 11.9 Å². The molecule has 0 atom stereocenters. The summed E-state index contributed by atoms with van der Waals surface area (Å²) < 4.78 is 10.1. The van der Waals surface area contributed by atoms with Gasteiger partial charge >= 0.3 is 7.60 Å². The van der Waals surface area contributed by atoms with E-state index in [2.05, 4.69) is 5.32 Å². The third-order valence-corrected chi connectivity index (χ3v) is 1.27. The predicted octanol–water partition coefficient (Wildman–Crippen LogP) is -0.783. The van der Waals surface area contributed by atoms with Crippen molar-refractivity contribution in [2.75, 3.05) is 13.3 Å². The van der Waals surface area contributed by atoms with E-state index in [0.29, 0.717) is 0 Å². The smallest absolute Gasteiger partial charge is 0.348 e. The molecule has 6 heteroatoms. The van der Waals surface area contributed by atoms with Crippen LogP contribution in [0, 0.1) is 0 Å². The molecule has 60 valence electrons. The SMILES string of the molecule is O=P(O)(O)C=CCNCO. The van der Waals surface area contributed by atoms with Gasteiger partial charge in [-0.05, 0) is 0 Å². The molecule has 0 fully saturated rings. The molecule has 10 heavy (non-hydrogen) atoms. The standard InChI is InChI=1S/C4H10NO4P/c6-4-5-2-1-3-10(7,8)9/h1,3,5-6H,2,4H2,(H2,7,8,9). The molecule has 0 saturated heterocycles. The van der Waals surface area contributed by atoms with Crippen molar-refractivity contribution >= 4 is 7.60 Å². The molecule has 0 heterocycles. The lowest BCUT2D eigenvalue weighted by molar-refractivity contribution is 0.267. The third-order valence-electron chi connectivity index (χ3n) is 0.674. The zero-order chi connectivity index (χ0) is 8.04. The lowest BCUT2D eigenvalue weighted by Crippen LogP contribution is -2.13. The molecule has 0 aromatic rings. The third kappa shape index (κ3) is 7.81. The summed E-state index contributed by atoms with van der Waals surface area (Å²) in [6.45, 7) is 0.0487. The highest BCUT2D eigenvalue weighted by Gasteiger charge is 2.03. The number of hydrogen-bond donors (Lipinski definition) is 4. The van der Waals surface area contributed by atoms with Crippen molar-refractivity contribution in [1.29, 1.82) is 0 Å². The Balaban J connectivity index is 3.47. The summed E-state index contributed by atoms with van der Waals surface area (Å²) in [6.07, 6.45) is 1.26. The molecule has 0 amide bonds. The van der Waals surface area contributed by atoms with Crippen LogP contribution in [0.3, 0.4) is 0 Å². The zero-order valence-corrected chi connectivity index (χ0v) is 6.16. The largest absolute Gasteiger partial charge is 0.381 e. The van der Waals surface area contributed by atoms with Crippen LogP contribution in [0.5, 0.6) is 0 Å². The Morgan fingerprint density at radius 2 is 2.10 bits per heavy atom. The van der Waals surface area contributed by atoms with Crippen LogP contribution in [0.1, 0.15) is 0 Å². The van der Waals surface area contributed by atoms with Crippen molar-refractivity contribution in [3.05, 3.63) is 11.9 Å². The van der Waals surface area contributed by atoms with Gasteiger partial charge in [0.15, 0.2) is 0 Å². The average molecular weight is 167 g/mol. The Bertz CT molecular complexity index is 151. The van der Waals surface area contributed by atoms with Gasteiger partial charge in [-0.2, -0.15) is 0 Å². The molecule has 0 unspecified atom stereocenters. The van der Waals surface area contributed by atoms with Crippen molar-refractivity contribution in [1.82, 2.24) is 5.32 Å². The van der Waals surface area contributed by atoms with Crippen molar-refractivity contribution < 1.29 is 19.5 Å². The summed E-state index contributed by atoms with van der Waals surface area (Å²) in [5.74, 6) is 0.787. The van der Waals surface area contributed by atoms with E-state index in [9.17, 15) is 4.57 Å². The van der Waals surface area contributed by atoms with Gasteiger partial charge in [0.1, 0.15) is 0 Å². The van der Waals surface area contributed by atoms with Crippen LogP contribution in [-0.4, -0.2) is 28.2 Å². The molecule has 0 saturated carbocycles. The Labute approximate surface area is 58.5 Å². The first-order valence-electron chi connectivity index (χ1n) is 2.61. The molecule has 0 radical (unpaired) electrons. The summed E-state index contributed by atoms with van der Waals surface area (Å²) in [5, 5.41) is 10.6. The van der Waals surface area contributed by atoms with E-state index in [1.54, 1.807) is 0 Å². The van der Waals surface area contributed by atoms with Crippen LogP contribution in [0.4, 0.5) is 0 Å². The van der Waals surface area contributed by atoms with E-state index in [0.717, 1.165) is 5.82 Å². The van der Waals surface area contributed by atoms with Gasteiger partial charge in [-0.1, -0.05) is 6.08 Å². The van der Waals surface area contributed by atoms with Gasteiger partial charge in [-0.25, -0.2) is 0 Å². The monoisotopic (exact) mass is 167 g/mol. The fourth-order valence-electron chi connectivity index (χ4n) is 0.338. The fourth-order valence-corrected chi connectivity index (χ4v) is 0.718. The molecule has 0 aliphatic carbocycles. The van der Waals surface area contributed by atoms with Crippen molar-refractivity contribution in [2.24, 2.45) is 0 Å². The van der Waals surface area contributed by atoms with E-state index in [1.165, 1.54) is 6.08 Å². The van der Waals surface area contributed by atoms with E-state index in [1.807, 2.05) is 0 Å². The summed E-state index contributed by atoms with van der Waals surface area (Å²) >= 11 is 0. The van der Waals surface area contributed by atoms with Crippen LogP contribution < -0.4 is 5.32 Å². The quantitative estimate of drug-likeness (QED) is 0.250. The number of rotatable bonds is 4. The molecule has 5 nitrogen and oxygen atoms in total. The van der Waals surface area contributed by atoms with E-state index < -0.39 is 7.60 Å². The lowest BCUT2D eigenvalue weighted by Gasteiger charge is -1.94. The van der Waals surface area contributed by atoms with Gasteiger partial charge in [0.2, 0.25) is 0 Å². The second-order valence-corrected chi connectivity index (χ2v) is 3.06. The first kappa shape index (κ1) is 9.81. The molecule has 0 aromatic heterocycles. The number of aliphatic hydroxyl groups is 1. The molecule has 4 N–H and O–H groups in total. The number of hydrogen-bond acceptors (Lipinski definition) is 3. The topological polar surface area (TPSA) is 89.8 Å². The highest BCUT2D eigenvalue weighted by Crippen LogP contribution is 2.35.